The second-order valence-electron chi connectivity index (χ2n) is 10.7. The number of thiazole rings is 1. The molecule has 0 spiro atoms. The fourth-order valence-corrected chi connectivity index (χ4v) is 5.96. The Hall–Kier alpha value is -4.40. The summed E-state index contributed by atoms with van der Waals surface area (Å²) in [7, 11) is 0. The first kappa shape index (κ1) is 30.1. The summed E-state index contributed by atoms with van der Waals surface area (Å²) in [6, 6.07) is 12.2. The Balaban J connectivity index is 1.58. The highest BCUT2D eigenvalue weighted by Crippen LogP contribution is 2.38. The van der Waals surface area contributed by atoms with E-state index >= 15 is 0 Å². The monoisotopic (exact) mass is 598 g/mol. The van der Waals surface area contributed by atoms with Crippen molar-refractivity contribution in [2.75, 3.05) is 31.1 Å². The highest BCUT2D eigenvalue weighted by atomic mass is 32.1. The van der Waals surface area contributed by atoms with Crippen molar-refractivity contribution in [1.82, 2.24) is 24.6 Å². The Bertz CT molecular complexity index is 1750. The maximum Gasteiger partial charge on any atom is 0.192 e. The number of fused-ring (bicyclic) bond motifs is 1. The molecule has 0 unspecified atom stereocenters. The number of aliphatic imine (C=N–C) groups is 1. The van der Waals surface area contributed by atoms with E-state index in [9.17, 15) is 14.8 Å². The number of pyridine rings is 1. The Morgan fingerprint density at radius 3 is 2.53 bits per heavy atom. The standard InChI is InChI=1S/C32H35FN8OS/c1-6-40(32-37-29(28(15-34)43-32)23-8-10-25(33)11-9-23)31-30-27(38-41(31)7-2)13-12-26(36-30)24(14-20(3)4)16-35-21(5)39-17-22(18-39)19-42/h8-14,16,22,42H,6-7,17-19H2,1-5H3/b24-16+,35-21+. The van der Waals surface area contributed by atoms with E-state index < -0.39 is 0 Å². The smallest absolute Gasteiger partial charge is 0.192 e. The van der Waals surface area contributed by atoms with Crippen LogP contribution >= 0.6 is 11.3 Å². The van der Waals surface area contributed by atoms with Gasteiger partial charge in [0.25, 0.3) is 0 Å². The quantitative estimate of drug-likeness (QED) is 0.135. The van der Waals surface area contributed by atoms with Gasteiger partial charge < -0.3 is 14.9 Å². The van der Waals surface area contributed by atoms with Crippen molar-refractivity contribution >= 4 is 44.7 Å². The molecule has 4 aromatic rings. The second kappa shape index (κ2) is 12.9. The van der Waals surface area contributed by atoms with E-state index in [4.69, 9.17) is 20.1 Å². The predicted molar refractivity (Wildman–Crippen MR) is 171 cm³/mol. The summed E-state index contributed by atoms with van der Waals surface area (Å²) in [5, 5.41) is 24.7. The Morgan fingerprint density at radius 2 is 1.91 bits per heavy atom. The first-order valence-electron chi connectivity index (χ1n) is 14.3. The molecule has 4 heterocycles. The lowest BCUT2D eigenvalue weighted by Gasteiger charge is -2.39. The summed E-state index contributed by atoms with van der Waals surface area (Å²) in [4.78, 5) is 19.3. The molecule has 1 aliphatic heterocycles. The molecule has 3 aromatic heterocycles. The lowest BCUT2D eigenvalue weighted by atomic mass is 10.0. The summed E-state index contributed by atoms with van der Waals surface area (Å²) < 4.78 is 15.5. The van der Waals surface area contributed by atoms with Gasteiger partial charge in [-0.15, -0.1) is 0 Å². The fraction of sp³-hybridized carbons (Fsp3) is 0.344. The van der Waals surface area contributed by atoms with Gasteiger partial charge in [0.1, 0.15) is 39.3 Å². The molecule has 1 aliphatic rings. The van der Waals surface area contributed by atoms with Gasteiger partial charge in [-0.3, -0.25) is 0 Å². The topological polar surface area (TPSA) is 106 Å². The molecule has 0 amide bonds. The van der Waals surface area contributed by atoms with Gasteiger partial charge in [-0.1, -0.05) is 23.0 Å². The number of nitrogens with zero attached hydrogens (tertiary/aromatic N) is 8. The molecule has 0 atom stereocenters. The molecule has 1 fully saturated rings. The van der Waals surface area contributed by atoms with E-state index in [1.54, 1.807) is 12.1 Å². The molecule has 0 aliphatic carbocycles. The Kier molecular flexibility index (Phi) is 8.99. The maximum atomic E-state index is 13.6. The molecule has 1 N–H and O–H groups in total. The van der Waals surface area contributed by atoms with Gasteiger partial charge in [0.05, 0.1) is 5.69 Å². The highest BCUT2D eigenvalue weighted by Gasteiger charge is 2.27. The van der Waals surface area contributed by atoms with Gasteiger partial charge in [0.2, 0.25) is 0 Å². The second-order valence-corrected chi connectivity index (χ2v) is 11.7. The van der Waals surface area contributed by atoms with E-state index in [1.807, 2.05) is 62.5 Å². The van der Waals surface area contributed by atoms with Gasteiger partial charge in [0.15, 0.2) is 10.9 Å². The molecule has 11 heteroatoms. The van der Waals surface area contributed by atoms with Crippen molar-refractivity contribution in [3.63, 3.8) is 0 Å². The number of benzene rings is 1. The number of aromatic nitrogens is 4. The summed E-state index contributed by atoms with van der Waals surface area (Å²) in [6.45, 7) is 13.1. The summed E-state index contributed by atoms with van der Waals surface area (Å²) in [6.07, 6.45) is 3.91. The van der Waals surface area contributed by atoms with Crippen LogP contribution in [0.5, 0.6) is 0 Å². The summed E-state index contributed by atoms with van der Waals surface area (Å²) in [5.41, 5.74) is 5.43. The molecular formula is C32H35FN8OS. The van der Waals surface area contributed by atoms with Crippen molar-refractivity contribution in [2.45, 2.75) is 41.2 Å². The molecule has 1 aromatic carbocycles. The molecule has 43 heavy (non-hydrogen) atoms. The van der Waals surface area contributed by atoms with Crippen LogP contribution in [-0.2, 0) is 6.54 Å². The van der Waals surface area contributed by atoms with Crippen molar-refractivity contribution in [3.05, 3.63) is 70.6 Å². The zero-order valence-corrected chi connectivity index (χ0v) is 25.9. The molecule has 9 nitrogen and oxygen atoms in total. The molecule has 0 radical (unpaired) electrons. The molecule has 0 bridgehead atoms. The van der Waals surface area contributed by atoms with Gasteiger partial charge in [-0.05, 0) is 71.0 Å². The van der Waals surface area contributed by atoms with Crippen LogP contribution in [0.1, 0.15) is 45.2 Å². The normalized spacial score (nSPS) is 14.1. The molecule has 0 saturated carbocycles. The number of hydrogen-bond donors (Lipinski definition) is 1. The third-order valence-corrected chi connectivity index (χ3v) is 8.28. The van der Waals surface area contributed by atoms with Crippen molar-refractivity contribution in [2.24, 2.45) is 10.9 Å². The molecule has 5 rings (SSSR count). The van der Waals surface area contributed by atoms with Gasteiger partial charge in [-0.2, -0.15) is 10.4 Å². The fourth-order valence-electron chi connectivity index (χ4n) is 5.01. The Labute approximate surface area is 255 Å². The van der Waals surface area contributed by atoms with Gasteiger partial charge in [0, 0.05) is 56.0 Å². The van der Waals surface area contributed by atoms with Crippen LogP contribution in [0.2, 0.25) is 0 Å². The average Bonchev–Trinajstić information content (AvgIpc) is 3.57. The van der Waals surface area contributed by atoms with Crippen LogP contribution in [0, 0.1) is 23.1 Å². The number of rotatable bonds is 9. The van der Waals surface area contributed by atoms with E-state index in [2.05, 4.69) is 17.0 Å². The zero-order chi connectivity index (χ0) is 30.7. The third-order valence-electron chi connectivity index (χ3n) is 7.30. The number of nitriles is 1. The maximum absolute atomic E-state index is 13.6. The lowest BCUT2D eigenvalue weighted by molar-refractivity contribution is 0.108. The van der Waals surface area contributed by atoms with Gasteiger partial charge in [-0.25, -0.2) is 24.0 Å². The third kappa shape index (κ3) is 6.21. The molecule has 1 saturated heterocycles. The highest BCUT2D eigenvalue weighted by molar-refractivity contribution is 7.16. The minimum atomic E-state index is -0.341. The number of allylic oxidation sites excluding steroid dienone is 3. The number of amidine groups is 1. The largest absolute Gasteiger partial charge is 0.396 e. The van der Waals surface area contributed by atoms with E-state index in [0.717, 1.165) is 52.6 Å². The van der Waals surface area contributed by atoms with Crippen LogP contribution in [0.4, 0.5) is 15.3 Å². The first-order valence-corrected chi connectivity index (χ1v) is 15.1. The van der Waals surface area contributed by atoms with Crippen LogP contribution in [-0.4, -0.2) is 61.8 Å². The number of anilines is 2. The van der Waals surface area contributed by atoms with Crippen molar-refractivity contribution < 1.29 is 9.50 Å². The lowest BCUT2D eigenvalue weighted by Crippen LogP contribution is -2.50. The Morgan fingerprint density at radius 1 is 1.16 bits per heavy atom. The van der Waals surface area contributed by atoms with E-state index in [1.165, 1.54) is 23.5 Å². The van der Waals surface area contributed by atoms with Crippen molar-refractivity contribution in [3.8, 4) is 17.3 Å². The minimum absolute atomic E-state index is 0.196. The zero-order valence-electron chi connectivity index (χ0n) is 25.0. The number of aryl methyl sites for hydroxylation is 1. The van der Waals surface area contributed by atoms with Crippen molar-refractivity contribution in [1.29, 1.82) is 5.26 Å². The number of aliphatic hydroxyl groups is 1. The summed E-state index contributed by atoms with van der Waals surface area (Å²) in [5.74, 6) is 1.65. The average molecular weight is 599 g/mol. The number of halogens is 1. The van der Waals surface area contributed by atoms with Crippen LogP contribution in [0.15, 0.2) is 59.2 Å². The van der Waals surface area contributed by atoms with Crippen LogP contribution < -0.4 is 4.90 Å². The first-order chi connectivity index (χ1) is 20.8. The number of aliphatic hydroxyl groups excluding tert-OH is 1. The van der Waals surface area contributed by atoms with Gasteiger partial charge >= 0.3 is 0 Å². The van der Waals surface area contributed by atoms with E-state index in [0.29, 0.717) is 40.3 Å². The SMILES string of the molecule is CCN(c1nc(-c2ccc(F)cc2)c(C#N)s1)c1c2nc(/C(C=C(C)C)=C/N=C(\C)N3CC(CO)C3)ccc2nn1CC. The van der Waals surface area contributed by atoms with Crippen LogP contribution in [0.25, 0.3) is 27.9 Å². The molecule has 222 valence electrons. The summed E-state index contributed by atoms with van der Waals surface area (Å²) >= 11 is 1.29. The number of likely N-dealkylation sites (tertiary alicyclic amines) is 1. The number of hydrogen-bond acceptors (Lipinski definition) is 8. The molecular weight excluding hydrogens is 563 g/mol. The van der Waals surface area contributed by atoms with Crippen LogP contribution in [0.3, 0.4) is 0 Å². The van der Waals surface area contributed by atoms with E-state index in [-0.39, 0.29) is 12.4 Å². The minimum Gasteiger partial charge on any atom is -0.396 e. The predicted octanol–water partition coefficient (Wildman–Crippen LogP) is 6.39.